The zero-order chi connectivity index (χ0) is 31.9. The first kappa shape index (κ1) is 37.7. The second-order valence-corrected chi connectivity index (χ2v) is 19.6. The van der Waals surface area contributed by atoms with E-state index in [0.717, 1.165) is 31.2 Å². The molecule has 1 aromatic rings. The third-order valence-electron chi connectivity index (χ3n) is 5.12. The van der Waals surface area contributed by atoms with Gasteiger partial charge in [0.05, 0.1) is 0 Å². The predicted octanol–water partition coefficient (Wildman–Crippen LogP) is -0.927. The lowest BCUT2D eigenvalue weighted by molar-refractivity contribution is 0.188. The smallest absolute Gasteiger partial charge is 0.360 e. The highest BCUT2D eigenvalue weighted by Gasteiger charge is 2.59. The third kappa shape index (κ3) is 9.87. The maximum absolute atomic E-state index is 12.3. The lowest BCUT2D eigenvalue weighted by Gasteiger charge is -2.44. The van der Waals surface area contributed by atoms with Crippen molar-refractivity contribution >= 4 is 56.9 Å². The molecule has 1 rings (SSSR count). The van der Waals surface area contributed by atoms with Crippen molar-refractivity contribution in [2.75, 3.05) is 17.2 Å². The number of nitrogens with two attached hydrogens (primary N) is 1. The molecule has 0 aliphatic heterocycles. The molecule has 1 aromatic carbocycles. The summed E-state index contributed by atoms with van der Waals surface area (Å²) in [6.45, 7) is -0.531. The number of nitrogen functional groups attached to an aromatic ring is 1. The van der Waals surface area contributed by atoms with Crippen molar-refractivity contribution in [3.8, 4) is 0 Å². The van der Waals surface area contributed by atoms with Gasteiger partial charge in [0.15, 0.2) is 0 Å². The Balaban J connectivity index is 4.18. The molecule has 0 aromatic heterocycles. The van der Waals surface area contributed by atoms with Crippen LogP contribution in [-0.2, 0) is 27.4 Å². The fourth-order valence-electron chi connectivity index (χ4n) is 3.83. The Morgan fingerprint density at radius 1 is 0.600 bits per heavy atom. The van der Waals surface area contributed by atoms with Crippen molar-refractivity contribution in [3.63, 3.8) is 0 Å². The Bertz CT molecular complexity index is 1210. The number of anilines is 2. The summed E-state index contributed by atoms with van der Waals surface area (Å²) in [5, 5.41) is 0. The zero-order valence-electron chi connectivity index (χ0n) is 20.0. The molecule has 234 valence electrons. The van der Waals surface area contributed by atoms with Crippen molar-refractivity contribution in [3.05, 3.63) is 24.3 Å². The summed E-state index contributed by atoms with van der Waals surface area (Å²) in [5.74, 6) is 0. The van der Waals surface area contributed by atoms with Crippen molar-refractivity contribution in [2.24, 2.45) is 0 Å². The lowest BCUT2D eigenvalue weighted by atomic mass is 10.1. The molecular weight excluding hydrogens is 672 g/mol. The predicted molar refractivity (Wildman–Crippen MR) is 138 cm³/mol. The zero-order valence-corrected chi connectivity index (χ0v) is 25.4. The molecule has 0 saturated carbocycles. The van der Waals surface area contributed by atoms with Gasteiger partial charge < -0.3 is 69.4 Å². The summed E-state index contributed by atoms with van der Waals surface area (Å²) in [7, 11) is -36.9. The molecule has 0 heterocycles. The van der Waals surface area contributed by atoms with E-state index >= 15 is 0 Å². The van der Waals surface area contributed by atoms with Crippen LogP contribution in [0.1, 0.15) is 13.3 Å². The van der Waals surface area contributed by atoms with E-state index in [9.17, 15) is 86.1 Å². The molecule has 14 N–H and O–H groups in total. The average Bonchev–Trinajstić information content (AvgIpc) is 2.64. The first-order valence-electron chi connectivity index (χ1n) is 10.3. The van der Waals surface area contributed by atoms with Gasteiger partial charge in [0.2, 0.25) is 16.6 Å². The fourth-order valence-corrected chi connectivity index (χ4v) is 12.7. The molecule has 0 radical (unpaired) electrons. The molecule has 0 saturated heterocycles. The van der Waals surface area contributed by atoms with Gasteiger partial charge >= 0.3 is 45.6 Å². The van der Waals surface area contributed by atoms with Crippen LogP contribution in [0.15, 0.2) is 24.3 Å². The second kappa shape index (κ2) is 12.7. The highest BCUT2D eigenvalue weighted by molar-refractivity contribution is 7.72. The molecule has 0 fully saturated rings. The maximum atomic E-state index is 12.3. The number of hydrogen-bond donors (Lipinski definition) is 13. The van der Waals surface area contributed by atoms with E-state index in [0.29, 0.717) is 0 Å². The third-order valence-corrected chi connectivity index (χ3v) is 15.8. The lowest BCUT2D eigenvalue weighted by Crippen LogP contribution is -2.53. The quantitative estimate of drug-likeness (QED) is 0.0823. The van der Waals surface area contributed by atoms with Gasteiger partial charge in [0.25, 0.3) is 0 Å². The molecule has 40 heavy (non-hydrogen) atoms. The number of hydrogen-bond acceptors (Lipinski definition) is 9. The van der Waals surface area contributed by atoms with Crippen LogP contribution in [0.3, 0.4) is 0 Å². The molecular formula is C13H29N3O18P6. The van der Waals surface area contributed by atoms with Crippen LogP contribution in [0.5, 0.6) is 0 Å². The van der Waals surface area contributed by atoms with E-state index < -0.39 is 91.7 Å². The van der Waals surface area contributed by atoms with Crippen LogP contribution < -0.4 is 10.6 Å². The van der Waals surface area contributed by atoms with Crippen LogP contribution >= 0.6 is 45.6 Å². The summed E-state index contributed by atoms with van der Waals surface area (Å²) < 4.78 is 73.2. The average molecular weight is 701 g/mol. The maximum Gasteiger partial charge on any atom is 0.360 e. The summed E-state index contributed by atoms with van der Waals surface area (Å²) in [4.78, 5) is 117. The molecule has 1 unspecified atom stereocenters. The molecule has 0 spiro atoms. The SMILES string of the molecule is CCC(CN(C(P(=O)(O)O)P(=O)(O)O)C(P(=O)(O)O)P(=O)(O)O)N(c1ccc(N)cc1)C(P(=O)(O)O)P(=O)(O)O. The summed E-state index contributed by atoms with van der Waals surface area (Å²) in [5.41, 5.74) is -5.30. The normalized spacial score (nSPS) is 15.3. The number of benzene rings is 1. The first-order valence-corrected chi connectivity index (χ1v) is 20.3. The van der Waals surface area contributed by atoms with Crippen LogP contribution in [-0.4, -0.2) is 92.8 Å². The Kier molecular flexibility index (Phi) is 12.0. The molecule has 21 nitrogen and oxygen atoms in total. The number of nitrogens with zero attached hydrogens (tertiary/aromatic N) is 2. The monoisotopic (exact) mass is 701 g/mol. The van der Waals surface area contributed by atoms with Gasteiger partial charge in [0, 0.05) is 24.0 Å². The van der Waals surface area contributed by atoms with E-state index in [1.165, 1.54) is 0 Å². The highest BCUT2D eigenvalue weighted by atomic mass is 31.2. The van der Waals surface area contributed by atoms with Gasteiger partial charge in [-0.15, -0.1) is 0 Å². The summed E-state index contributed by atoms with van der Waals surface area (Å²) in [6.07, 6.45) is -0.624. The minimum absolute atomic E-state index is 0.0217. The molecule has 0 aliphatic carbocycles. The van der Waals surface area contributed by atoms with Gasteiger partial charge in [-0.2, -0.15) is 0 Å². The van der Waals surface area contributed by atoms with Crippen molar-refractivity contribution < 1.29 is 86.1 Å². The van der Waals surface area contributed by atoms with Crippen LogP contribution in [0.2, 0.25) is 0 Å². The van der Waals surface area contributed by atoms with E-state index in [-0.39, 0.29) is 10.6 Å². The molecule has 0 aliphatic rings. The van der Waals surface area contributed by atoms with Crippen LogP contribution in [0.25, 0.3) is 0 Å². The minimum Gasteiger partial charge on any atom is -0.399 e. The Morgan fingerprint density at radius 2 is 0.900 bits per heavy atom. The molecule has 0 bridgehead atoms. The van der Waals surface area contributed by atoms with E-state index in [4.69, 9.17) is 5.73 Å². The first-order chi connectivity index (χ1) is 17.5. The highest BCUT2D eigenvalue weighted by Crippen LogP contribution is 2.69. The molecule has 1 atom stereocenters. The largest absolute Gasteiger partial charge is 0.399 e. The van der Waals surface area contributed by atoms with Crippen molar-refractivity contribution in [2.45, 2.75) is 36.0 Å². The summed E-state index contributed by atoms with van der Waals surface area (Å²) >= 11 is 0. The second-order valence-electron chi connectivity index (χ2n) is 8.33. The van der Waals surface area contributed by atoms with Crippen molar-refractivity contribution in [1.82, 2.24) is 4.90 Å². The van der Waals surface area contributed by atoms with Gasteiger partial charge in [-0.1, -0.05) is 6.92 Å². The molecule has 0 amide bonds. The van der Waals surface area contributed by atoms with Gasteiger partial charge in [-0.3, -0.25) is 32.3 Å². The van der Waals surface area contributed by atoms with Gasteiger partial charge in [0.1, 0.15) is 0 Å². The van der Waals surface area contributed by atoms with Crippen LogP contribution in [0, 0.1) is 0 Å². The van der Waals surface area contributed by atoms with Crippen molar-refractivity contribution in [1.29, 1.82) is 0 Å². The van der Waals surface area contributed by atoms with E-state index in [1.54, 1.807) is 0 Å². The van der Waals surface area contributed by atoms with Gasteiger partial charge in [-0.05, 0) is 30.7 Å². The number of rotatable bonds is 14. The Morgan fingerprint density at radius 3 is 1.15 bits per heavy atom. The Labute approximate surface area is 225 Å². The fraction of sp³-hybridized carbons (Fsp3) is 0.538. The molecule has 27 heteroatoms. The van der Waals surface area contributed by atoms with E-state index in [2.05, 4.69) is 0 Å². The van der Waals surface area contributed by atoms with Gasteiger partial charge in [-0.25, -0.2) is 0 Å². The summed E-state index contributed by atoms with van der Waals surface area (Å²) in [6, 6.07) is 2.04. The Hall–Kier alpha value is -0.320. The van der Waals surface area contributed by atoms with E-state index in [1.807, 2.05) is 0 Å². The van der Waals surface area contributed by atoms with Crippen LogP contribution in [0.4, 0.5) is 11.4 Å². The topological polar surface area (TPSA) is 378 Å². The standard InChI is InChI=1S/C13H29N3O18P6/c1-2-9(16(10-5-3-8(14)4-6-10)13(39(29,30)31)40(32,33)34)7-15(11(35(17,18)19)36(20,21)22)12(37(23,24)25)38(26,27)28/h3-6,9,11-13H,2,7,14H2,1H3,(H2,17,18,19)(H2,20,21,22)(H2,23,24,25)(H2,26,27,28)(H2,29,30,31)(H2,32,33,34). The minimum atomic E-state index is -6.28.